The number of aromatic nitrogens is 1. The molecule has 1 aromatic heterocycles. The highest BCUT2D eigenvalue weighted by Crippen LogP contribution is 2.35. The number of carbonyl (C=O) groups is 1. The maximum atomic E-state index is 13.3. The van der Waals surface area contributed by atoms with E-state index in [1.807, 2.05) is 0 Å². The Balaban J connectivity index is 2.02. The summed E-state index contributed by atoms with van der Waals surface area (Å²) in [6, 6.07) is 1.70. The largest absolute Gasteiger partial charge is 0.512 e. The predicted octanol–water partition coefficient (Wildman–Crippen LogP) is 2.41. The molecule has 1 aliphatic heterocycles. The van der Waals surface area contributed by atoms with Gasteiger partial charge in [0.25, 0.3) is 5.88 Å². The number of sulfonamides is 1. The SMILES string of the molecule is COc1cc(C)c(S(=O)(=O)N2CCc3onc(OC(=O)O)c3C2)c(C)c1C. The lowest BCUT2D eigenvalue weighted by Gasteiger charge is -2.27. The molecule has 0 bridgehead atoms. The van der Waals surface area contributed by atoms with E-state index in [1.54, 1.807) is 26.8 Å². The van der Waals surface area contributed by atoms with Gasteiger partial charge in [-0.25, -0.2) is 13.2 Å². The Morgan fingerprint density at radius 3 is 2.63 bits per heavy atom. The average molecular weight is 396 g/mol. The van der Waals surface area contributed by atoms with Crippen LogP contribution in [-0.2, 0) is 23.0 Å². The Morgan fingerprint density at radius 1 is 1.30 bits per heavy atom. The van der Waals surface area contributed by atoms with E-state index < -0.39 is 16.2 Å². The van der Waals surface area contributed by atoms with E-state index in [9.17, 15) is 13.2 Å². The molecule has 0 unspecified atom stereocenters. The molecular formula is C17H20N2O7S. The lowest BCUT2D eigenvalue weighted by molar-refractivity contribution is 0.140. The van der Waals surface area contributed by atoms with Crippen molar-refractivity contribution >= 4 is 16.2 Å². The van der Waals surface area contributed by atoms with Gasteiger partial charge in [-0.2, -0.15) is 4.31 Å². The first-order valence-corrected chi connectivity index (χ1v) is 9.64. The summed E-state index contributed by atoms with van der Waals surface area (Å²) in [4.78, 5) is 11.0. The van der Waals surface area contributed by atoms with Crippen LogP contribution in [0.4, 0.5) is 4.79 Å². The third kappa shape index (κ3) is 3.26. The average Bonchev–Trinajstić information content (AvgIpc) is 2.99. The van der Waals surface area contributed by atoms with Crippen LogP contribution in [0.3, 0.4) is 0 Å². The Morgan fingerprint density at radius 2 is 2.00 bits per heavy atom. The first-order chi connectivity index (χ1) is 12.7. The van der Waals surface area contributed by atoms with Crippen molar-refractivity contribution in [1.82, 2.24) is 9.46 Å². The van der Waals surface area contributed by atoms with Crippen LogP contribution in [0.5, 0.6) is 11.6 Å². The van der Waals surface area contributed by atoms with Gasteiger partial charge in [0.15, 0.2) is 0 Å². The Hall–Kier alpha value is -2.59. The quantitative estimate of drug-likeness (QED) is 0.783. The highest BCUT2D eigenvalue weighted by molar-refractivity contribution is 7.89. The van der Waals surface area contributed by atoms with Crippen molar-refractivity contribution in [2.75, 3.05) is 13.7 Å². The summed E-state index contributed by atoms with van der Waals surface area (Å²) in [7, 11) is -2.29. The van der Waals surface area contributed by atoms with Crippen molar-refractivity contribution in [2.24, 2.45) is 0 Å². The van der Waals surface area contributed by atoms with Crippen molar-refractivity contribution in [3.05, 3.63) is 34.1 Å². The van der Waals surface area contributed by atoms with Gasteiger partial charge in [0.05, 0.1) is 17.6 Å². The fourth-order valence-electron chi connectivity index (χ4n) is 3.29. The van der Waals surface area contributed by atoms with E-state index in [2.05, 4.69) is 9.89 Å². The minimum Gasteiger partial charge on any atom is -0.496 e. The minimum absolute atomic E-state index is 0.0757. The van der Waals surface area contributed by atoms with Crippen molar-refractivity contribution in [3.8, 4) is 11.6 Å². The highest BCUT2D eigenvalue weighted by Gasteiger charge is 2.35. The molecule has 10 heteroatoms. The second-order valence-electron chi connectivity index (χ2n) is 6.32. The summed E-state index contributed by atoms with van der Waals surface area (Å²) >= 11 is 0. The molecule has 0 atom stereocenters. The third-order valence-corrected chi connectivity index (χ3v) is 6.87. The normalized spacial score (nSPS) is 14.7. The topological polar surface area (TPSA) is 119 Å². The number of rotatable bonds is 4. The zero-order chi connectivity index (χ0) is 19.9. The van der Waals surface area contributed by atoms with Gasteiger partial charge in [-0.05, 0) is 48.7 Å². The van der Waals surface area contributed by atoms with E-state index >= 15 is 0 Å². The molecule has 27 heavy (non-hydrogen) atoms. The van der Waals surface area contributed by atoms with Crippen LogP contribution < -0.4 is 9.47 Å². The monoisotopic (exact) mass is 396 g/mol. The molecule has 2 aromatic rings. The molecule has 3 rings (SSSR count). The summed E-state index contributed by atoms with van der Waals surface area (Å²) in [5.74, 6) is 0.829. The van der Waals surface area contributed by atoms with Crippen LogP contribution in [0.2, 0.25) is 0 Å². The number of hydrogen-bond donors (Lipinski definition) is 1. The zero-order valence-corrected chi connectivity index (χ0v) is 16.2. The smallest absolute Gasteiger partial charge is 0.496 e. The minimum atomic E-state index is -3.83. The second kappa shape index (κ2) is 6.86. The first-order valence-electron chi connectivity index (χ1n) is 8.20. The fraction of sp³-hybridized carbons (Fsp3) is 0.412. The van der Waals surface area contributed by atoms with Gasteiger partial charge in [0.2, 0.25) is 10.0 Å². The summed E-state index contributed by atoms with van der Waals surface area (Å²) in [6.07, 6.45) is -1.26. The van der Waals surface area contributed by atoms with Gasteiger partial charge < -0.3 is 19.1 Å². The molecule has 1 N–H and O–H groups in total. The number of fused-ring (bicyclic) bond motifs is 1. The summed E-state index contributed by atoms with van der Waals surface area (Å²) in [5.41, 5.74) is 2.27. The molecule has 0 aliphatic carbocycles. The van der Waals surface area contributed by atoms with Crippen molar-refractivity contribution in [2.45, 2.75) is 38.6 Å². The predicted molar refractivity (Wildman–Crippen MR) is 93.7 cm³/mol. The van der Waals surface area contributed by atoms with Crippen LogP contribution in [0.1, 0.15) is 28.0 Å². The molecule has 1 aromatic carbocycles. The lowest BCUT2D eigenvalue weighted by Crippen LogP contribution is -2.36. The molecular weight excluding hydrogens is 376 g/mol. The third-order valence-electron chi connectivity index (χ3n) is 4.74. The van der Waals surface area contributed by atoms with Crippen LogP contribution >= 0.6 is 0 Å². The zero-order valence-electron chi connectivity index (χ0n) is 15.4. The molecule has 0 saturated carbocycles. The standard InChI is InChI=1S/C17H20N2O7S/c1-9-7-14(24-4)10(2)11(3)15(9)27(22,23)19-6-5-13-12(8-19)16(18-26-13)25-17(20)21/h7H,5-6,8H2,1-4H3,(H,20,21). The highest BCUT2D eigenvalue weighted by atomic mass is 32.2. The number of carboxylic acid groups (broad SMARTS) is 1. The van der Waals surface area contributed by atoms with Gasteiger partial charge in [-0.15, -0.1) is 0 Å². The van der Waals surface area contributed by atoms with Crippen LogP contribution in [0.15, 0.2) is 15.5 Å². The Labute approximate surface area is 156 Å². The molecule has 146 valence electrons. The van der Waals surface area contributed by atoms with Gasteiger partial charge >= 0.3 is 6.16 Å². The van der Waals surface area contributed by atoms with Crippen molar-refractivity contribution in [3.63, 3.8) is 0 Å². The van der Waals surface area contributed by atoms with Gasteiger partial charge in [0, 0.05) is 19.5 Å². The number of hydrogen-bond acceptors (Lipinski definition) is 7. The Bertz CT molecular complexity index is 1010. The number of benzene rings is 1. The number of ether oxygens (including phenoxy) is 2. The van der Waals surface area contributed by atoms with Gasteiger partial charge in [0.1, 0.15) is 11.5 Å². The van der Waals surface area contributed by atoms with E-state index in [-0.39, 0.29) is 30.3 Å². The summed E-state index contributed by atoms with van der Waals surface area (Å²) in [6.45, 7) is 5.38. The number of aryl methyl sites for hydroxylation is 1. The van der Waals surface area contributed by atoms with Gasteiger partial charge in [-0.1, -0.05) is 0 Å². The number of nitrogens with zero attached hydrogens (tertiary/aromatic N) is 2. The van der Waals surface area contributed by atoms with E-state index in [1.165, 1.54) is 11.4 Å². The molecule has 0 amide bonds. The molecule has 0 saturated heterocycles. The van der Waals surface area contributed by atoms with Crippen molar-refractivity contribution < 1.29 is 32.3 Å². The van der Waals surface area contributed by atoms with E-state index in [0.717, 1.165) is 5.56 Å². The molecule has 0 radical (unpaired) electrons. The summed E-state index contributed by atoms with van der Waals surface area (Å²) < 4.78 is 42.9. The van der Waals surface area contributed by atoms with Crippen LogP contribution in [-0.4, -0.2) is 42.8 Å². The maximum absolute atomic E-state index is 13.3. The lowest BCUT2D eigenvalue weighted by atomic mass is 10.1. The molecule has 9 nitrogen and oxygen atoms in total. The van der Waals surface area contributed by atoms with Crippen LogP contribution in [0.25, 0.3) is 0 Å². The van der Waals surface area contributed by atoms with E-state index in [0.29, 0.717) is 28.2 Å². The molecule has 2 heterocycles. The Kier molecular flexibility index (Phi) is 4.87. The maximum Gasteiger partial charge on any atom is 0.512 e. The molecule has 0 fully saturated rings. The molecule has 0 spiro atoms. The fourth-order valence-corrected chi connectivity index (χ4v) is 5.18. The molecule has 1 aliphatic rings. The second-order valence-corrected chi connectivity index (χ2v) is 8.20. The van der Waals surface area contributed by atoms with Crippen molar-refractivity contribution in [1.29, 1.82) is 0 Å². The summed E-state index contributed by atoms with van der Waals surface area (Å²) in [5, 5.41) is 12.4. The number of methoxy groups -OCH3 is 1. The van der Waals surface area contributed by atoms with Gasteiger partial charge in [-0.3, -0.25) is 0 Å². The van der Waals surface area contributed by atoms with Crippen LogP contribution in [0, 0.1) is 20.8 Å². The van der Waals surface area contributed by atoms with E-state index in [4.69, 9.17) is 14.4 Å². The first kappa shape index (κ1) is 19.2.